The maximum Gasteiger partial charge on any atom is 0.255 e. The molecular formula is C29H20N2O4. The average molecular weight is 460 g/mol. The summed E-state index contributed by atoms with van der Waals surface area (Å²) < 4.78 is 0. The first kappa shape index (κ1) is 20.1. The van der Waals surface area contributed by atoms with E-state index in [1.165, 1.54) is 4.90 Å². The summed E-state index contributed by atoms with van der Waals surface area (Å²) in [6.07, 6.45) is 5.02. The minimum absolute atomic E-state index is 0.109. The molecule has 6 nitrogen and oxygen atoms in total. The monoisotopic (exact) mass is 460 g/mol. The molecule has 7 rings (SSSR count). The first-order valence-electron chi connectivity index (χ1n) is 11.8. The number of nitrogens with one attached hydrogen (secondary N) is 1. The summed E-state index contributed by atoms with van der Waals surface area (Å²) in [6.45, 7) is 0. The van der Waals surface area contributed by atoms with Gasteiger partial charge in [0.05, 0.1) is 28.8 Å². The zero-order chi connectivity index (χ0) is 23.8. The van der Waals surface area contributed by atoms with Crippen LogP contribution in [-0.2, 0) is 9.59 Å². The van der Waals surface area contributed by atoms with Gasteiger partial charge in [0.25, 0.3) is 5.91 Å². The third kappa shape index (κ3) is 2.71. The minimum Gasteiger partial charge on any atom is -0.321 e. The van der Waals surface area contributed by atoms with E-state index in [1.54, 1.807) is 36.4 Å². The van der Waals surface area contributed by atoms with Crippen molar-refractivity contribution >= 4 is 34.9 Å². The fraction of sp³-hybridized carbons (Fsp3) is 0.172. The molecule has 1 aliphatic heterocycles. The van der Waals surface area contributed by atoms with E-state index in [1.807, 2.05) is 30.3 Å². The lowest BCUT2D eigenvalue weighted by Crippen LogP contribution is -2.32. The van der Waals surface area contributed by atoms with E-state index in [9.17, 15) is 19.2 Å². The Labute approximate surface area is 201 Å². The summed E-state index contributed by atoms with van der Waals surface area (Å²) in [5.74, 6) is -0.992. The van der Waals surface area contributed by atoms with Crippen LogP contribution in [0.2, 0.25) is 0 Å². The standard InChI is InChI=1S/C29H20N2O4/c32-26-21-5-2-1-4-19(21)20-6-3-7-22(25(20)26)30-27(33)15-10-12-18(13-11-15)31-28(34)23-16-8-9-17(14-16)24(23)29(31)35/h1-13,16-17,23-24H,14H2,(H,30,33). The van der Waals surface area contributed by atoms with Crippen molar-refractivity contribution in [2.24, 2.45) is 23.7 Å². The second kappa shape index (κ2) is 7.09. The van der Waals surface area contributed by atoms with Crippen molar-refractivity contribution in [3.05, 3.63) is 95.6 Å². The number of nitrogens with zero attached hydrogens (tertiary/aromatic N) is 1. The maximum atomic E-state index is 13.0. The van der Waals surface area contributed by atoms with Crippen LogP contribution in [0.1, 0.15) is 32.7 Å². The van der Waals surface area contributed by atoms with Crippen LogP contribution in [0.25, 0.3) is 11.1 Å². The molecule has 0 spiro atoms. The van der Waals surface area contributed by atoms with Crippen molar-refractivity contribution in [1.29, 1.82) is 0 Å². The Balaban J connectivity index is 1.14. The smallest absolute Gasteiger partial charge is 0.255 e. The molecule has 1 saturated heterocycles. The molecule has 1 saturated carbocycles. The van der Waals surface area contributed by atoms with E-state index in [4.69, 9.17) is 0 Å². The van der Waals surface area contributed by atoms with Crippen LogP contribution in [0.15, 0.2) is 78.9 Å². The highest BCUT2D eigenvalue weighted by molar-refractivity contribution is 6.26. The van der Waals surface area contributed by atoms with Crippen LogP contribution < -0.4 is 10.2 Å². The van der Waals surface area contributed by atoms with Crippen molar-refractivity contribution in [3.8, 4) is 11.1 Å². The fourth-order valence-corrected chi connectivity index (χ4v) is 6.29. The van der Waals surface area contributed by atoms with E-state index in [0.29, 0.717) is 28.1 Å². The summed E-state index contributed by atoms with van der Waals surface area (Å²) in [7, 11) is 0. The molecular weight excluding hydrogens is 440 g/mol. The van der Waals surface area contributed by atoms with Gasteiger partial charge in [-0.05, 0) is 59.7 Å². The molecule has 1 heterocycles. The number of hydrogen-bond acceptors (Lipinski definition) is 4. The molecule has 2 fully saturated rings. The largest absolute Gasteiger partial charge is 0.321 e. The lowest BCUT2D eigenvalue weighted by atomic mass is 9.85. The first-order chi connectivity index (χ1) is 17.0. The van der Waals surface area contributed by atoms with Gasteiger partial charge in [-0.25, -0.2) is 0 Å². The molecule has 1 N–H and O–H groups in total. The molecule has 4 unspecified atom stereocenters. The van der Waals surface area contributed by atoms with E-state index >= 15 is 0 Å². The van der Waals surface area contributed by atoms with E-state index in [2.05, 4.69) is 17.5 Å². The van der Waals surface area contributed by atoms with Gasteiger partial charge in [0.15, 0.2) is 5.78 Å². The molecule has 3 aliphatic carbocycles. The van der Waals surface area contributed by atoms with Crippen LogP contribution in [0.5, 0.6) is 0 Å². The lowest BCUT2D eigenvalue weighted by Gasteiger charge is -2.17. The van der Waals surface area contributed by atoms with Crippen LogP contribution in [0, 0.1) is 23.7 Å². The van der Waals surface area contributed by atoms with E-state index in [0.717, 1.165) is 17.5 Å². The summed E-state index contributed by atoms with van der Waals surface area (Å²) in [5, 5.41) is 2.87. The number of carbonyl (C=O) groups excluding carboxylic acids is 4. The van der Waals surface area contributed by atoms with Crippen molar-refractivity contribution in [1.82, 2.24) is 0 Å². The van der Waals surface area contributed by atoms with Crippen molar-refractivity contribution in [2.75, 3.05) is 10.2 Å². The van der Waals surface area contributed by atoms with Gasteiger partial charge in [-0.15, -0.1) is 0 Å². The van der Waals surface area contributed by atoms with Crippen LogP contribution >= 0.6 is 0 Å². The van der Waals surface area contributed by atoms with Gasteiger partial charge < -0.3 is 5.32 Å². The number of anilines is 2. The third-order valence-corrected chi connectivity index (χ3v) is 7.86. The first-order valence-corrected chi connectivity index (χ1v) is 11.8. The molecule has 4 atom stereocenters. The molecule has 170 valence electrons. The summed E-state index contributed by atoms with van der Waals surface area (Å²) in [5.41, 5.74) is 4.09. The Kier molecular flexibility index (Phi) is 4.07. The zero-order valence-electron chi connectivity index (χ0n) is 18.6. The molecule has 6 heteroatoms. The molecule has 0 radical (unpaired) electrons. The number of imide groups is 1. The Morgan fingerprint density at radius 2 is 1.37 bits per heavy atom. The van der Waals surface area contributed by atoms with Crippen LogP contribution in [0.3, 0.4) is 0 Å². The number of carbonyl (C=O) groups is 4. The van der Waals surface area contributed by atoms with Gasteiger partial charge >= 0.3 is 0 Å². The molecule has 3 aromatic carbocycles. The van der Waals surface area contributed by atoms with Gasteiger partial charge in [0.2, 0.25) is 11.8 Å². The summed E-state index contributed by atoms with van der Waals surface area (Å²) >= 11 is 0. The minimum atomic E-state index is -0.369. The van der Waals surface area contributed by atoms with E-state index in [-0.39, 0.29) is 47.2 Å². The average Bonchev–Trinajstić information content (AvgIpc) is 3.62. The van der Waals surface area contributed by atoms with Crippen molar-refractivity contribution < 1.29 is 19.2 Å². The molecule has 4 aliphatic rings. The van der Waals surface area contributed by atoms with Gasteiger partial charge in [-0.1, -0.05) is 48.6 Å². The van der Waals surface area contributed by atoms with Crippen molar-refractivity contribution in [2.45, 2.75) is 6.42 Å². The Bertz CT molecular complexity index is 1470. The number of ketones is 1. The third-order valence-electron chi connectivity index (χ3n) is 7.86. The van der Waals surface area contributed by atoms with Crippen LogP contribution in [0.4, 0.5) is 11.4 Å². The SMILES string of the molecule is O=C(Nc1cccc2c1C(=O)c1ccccc1-2)c1ccc(N2C(=O)C3C4C=CC(C4)C3C2=O)cc1. The predicted molar refractivity (Wildman–Crippen MR) is 130 cm³/mol. The van der Waals surface area contributed by atoms with Crippen molar-refractivity contribution in [3.63, 3.8) is 0 Å². The Morgan fingerprint density at radius 1 is 0.743 bits per heavy atom. The Morgan fingerprint density at radius 3 is 2.06 bits per heavy atom. The zero-order valence-corrected chi connectivity index (χ0v) is 18.6. The van der Waals surface area contributed by atoms with Gasteiger partial charge in [-0.2, -0.15) is 0 Å². The van der Waals surface area contributed by atoms with Gasteiger partial charge in [-0.3, -0.25) is 24.1 Å². The second-order valence-corrected chi connectivity index (χ2v) is 9.62. The highest BCUT2D eigenvalue weighted by Gasteiger charge is 2.59. The summed E-state index contributed by atoms with van der Waals surface area (Å²) in [4.78, 5) is 53.4. The fourth-order valence-electron chi connectivity index (χ4n) is 6.29. The van der Waals surface area contributed by atoms with Gasteiger partial charge in [0, 0.05) is 11.1 Å². The highest BCUT2D eigenvalue weighted by atomic mass is 16.2. The lowest BCUT2D eigenvalue weighted by molar-refractivity contribution is -0.123. The Hall–Kier alpha value is -4.32. The quantitative estimate of drug-likeness (QED) is 0.361. The number of fused-ring (bicyclic) bond motifs is 8. The highest BCUT2D eigenvalue weighted by Crippen LogP contribution is 2.53. The number of amides is 3. The number of rotatable bonds is 3. The number of hydrogen-bond donors (Lipinski definition) is 1. The number of benzene rings is 3. The molecule has 3 amide bonds. The topological polar surface area (TPSA) is 83.6 Å². The second-order valence-electron chi connectivity index (χ2n) is 9.62. The maximum absolute atomic E-state index is 13.0. The number of allylic oxidation sites excluding steroid dienone is 2. The predicted octanol–water partition coefficient (Wildman–Crippen LogP) is 4.46. The molecule has 3 aromatic rings. The normalized spacial score (nSPS) is 25.1. The molecule has 35 heavy (non-hydrogen) atoms. The van der Waals surface area contributed by atoms with Gasteiger partial charge in [0.1, 0.15) is 0 Å². The summed E-state index contributed by atoms with van der Waals surface area (Å²) in [6, 6.07) is 19.3. The van der Waals surface area contributed by atoms with E-state index < -0.39 is 0 Å². The molecule has 2 bridgehead atoms. The van der Waals surface area contributed by atoms with Crippen LogP contribution in [-0.4, -0.2) is 23.5 Å². The molecule has 0 aromatic heterocycles.